The largest absolute Gasteiger partial charge is 0.481 e. The van der Waals surface area contributed by atoms with Crippen molar-refractivity contribution in [1.29, 1.82) is 0 Å². The number of fused-ring (bicyclic) bond motifs is 3. The summed E-state index contributed by atoms with van der Waals surface area (Å²) in [5, 5.41) is 24.1. The smallest absolute Gasteiger partial charge is 0.307 e. The van der Waals surface area contributed by atoms with Gasteiger partial charge in [-0.05, 0) is 94.5 Å². The maximum Gasteiger partial charge on any atom is 0.307 e. The second kappa shape index (κ2) is 11.2. The van der Waals surface area contributed by atoms with Crippen LogP contribution in [0.25, 0.3) is 0 Å². The average molecular weight is 655 g/mol. The van der Waals surface area contributed by atoms with Gasteiger partial charge in [0.2, 0.25) is 0 Å². The maximum absolute atomic E-state index is 13.5. The van der Waals surface area contributed by atoms with E-state index < -0.39 is 22.7 Å². The number of carboxylic acids is 1. The van der Waals surface area contributed by atoms with Crippen LogP contribution in [0.2, 0.25) is 0 Å². The molecule has 47 heavy (non-hydrogen) atoms. The van der Waals surface area contributed by atoms with Crippen molar-refractivity contribution in [2.75, 3.05) is 25.6 Å². The number of nitrogens with two attached hydrogens (primary N) is 2. The number of allylic oxidation sites excluding steroid dienone is 1. The third-order valence-electron chi connectivity index (χ3n) is 15.3. The van der Waals surface area contributed by atoms with Gasteiger partial charge in [-0.3, -0.25) is 4.79 Å². The van der Waals surface area contributed by atoms with Gasteiger partial charge >= 0.3 is 5.97 Å². The van der Waals surface area contributed by atoms with Gasteiger partial charge < -0.3 is 26.0 Å². The van der Waals surface area contributed by atoms with Crippen molar-refractivity contribution in [3.63, 3.8) is 0 Å². The van der Waals surface area contributed by atoms with E-state index in [4.69, 9.17) is 20.9 Å². The molecule has 1 aromatic heterocycles. The molecule has 1 saturated heterocycles. The molecule has 12 atom stereocenters. The van der Waals surface area contributed by atoms with Gasteiger partial charge in [0.05, 0.1) is 31.8 Å². The Bertz CT molecular complexity index is 1410. The topological polar surface area (TPSA) is 151 Å². The Morgan fingerprint density at radius 2 is 1.83 bits per heavy atom. The van der Waals surface area contributed by atoms with Crippen LogP contribution in [-0.2, 0) is 14.3 Å². The molecule has 2 heterocycles. The molecular formula is C37H62N6O4. The summed E-state index contributed by atoms with van der Waals surface area (Å²) >= 11 is 0. The van der Waals surface area contributed by atoms with Gasteiger partial charge in [0.25, 0.3) is 5.95 Å². The van der Waals surface area contributed by atoms with Crippen LogP contribution in [0, 0.1) is 62.1 Å². The lowest BCUT2D eigenvalue weighted by Gasteiger charge is -2.71. The molecule has 6 rings (SSSR count). The number of nitrogens with zero attached hydrogens (tertiary/aromatic N) is 4. The summed E-state index contributed by atoms with van der Waals surface area (Å²) in [7, 11) is 0. The molecular weight excluding hydrogens is 592 g/mol. The molecule has 1 aromatic rings. The molecule has 2 bridgehead atoms. The maximum atomic E-state index is 13.5. The molecule has 10 heteroatoms. The van der Waals surface area contributed by atoms with E-state index in [0.29, 0.717) is 37.6 Å². The Morgan fingerprint density at radius 1 is 1.13 bits per heavy atom. The lowest BCUT2D eigenvalue weighted by atomic mass is 9.34. The first kappa shape index (κ1) is 34.8. The zero-order valence-electron chi connectivity index (χ0n) is 30.7. The summed E-state index contributed by atoms with van der Waals surface area (Å²) in [4.78, 5) is 15.2. The number of aliphatic carboxylic acids is 1. The molecule has 0 radical (unpaired) electrons. The number of tetrazole rings is 1. The van der Waals surface area contributed by atoms with Gasteiger partial charge in [-0.15, -0.1) is 5.10 Å². The molecule has 4 aliphatic carbocycles. The van der Waals surface area contributed by atoms with Gasteiger partial charge in [0, 0.05) is 11.5 Å². The summed E-state index contributed by atoms with van der Waals surface area (Å²) < 4.78 is 13.8. The van der Waals surface area contributed by atoms with E-state index in [1.165, 1.54) is 5.57 Å². The molecule has 0 aromatic carbocycles. The SMILES string of the molecule is CC(C)[C@@H](C)[C@@]1(C)CC[C@]2(C)[C@H]3CC[C@@H]4[C@@]5(C)COC[C@@]4(C3=CC[C@@]2(C)[C@@H]1C(=O)O)[C@@H](OC[C@H](N)C(C)(C)C)[C@H](n1nnc(N)n1)C5. The van der Waals surface area contributed by atoms with Crippen molar-refractivity contribution >= 4 is 11.9 Å². The summed E-state index contributed by atoms with van der Waals surface area (Å²) in [6.07, 6.45) is 7.71. The number of aromatic nitrogens is 4. The first-order valence-corrected chi connectivity index (χ1v) is 18.2. The standard InChI is InChI=1S/C37H62N6O4/c1-21(2)22(3)34(8)15-16-35(9)23-11-12-26-33(7)17-25(43-41-31(39)40-42-43)29(47-18-27(38)32(4,5)6)37(26,20-46-19-33)24(23)13-14-36(35,10)28(34)30(44)45/h13,21-23,25-29H,11-12,14-20,38H2,1-10H3,(H2,39,41)(H,44,45)/t22-,23+,25-,26-,27+,28-,29+,33-,34-,35-,36+,37+/m1/s1. The fourth-order valence-corrected chi connectivity index (χ4v) is 11.9. The lowest BCUT2D eigenvalue weighted by Crippen LogP contribution is -2.70. The number of ether oxygens (including phenoxy) is 2. The van der Waals surface area contributed by atoms with Gasteiger partial charge in [0.1, 0.15) is 6.04 Å². The molecule has 5 aliphatic rings. The number of anilines is 1. The van der Waals surface area contributed by atoms with Gasteiger partial charge in [-0.2, -0.15) is 4.80 Å². The third kappa shape index (κ3) is 4.88. The highest BCUT2D eigenvalue weighted by molar-refractivity contribution is 5.73. The minimum Gasteiger partial charge on any atom is -0.481 e. The van der Waals surface area contributed by atoms with E-state index in [0.717, 1.165) is 38.5 Å². The monoisotopic (exact) mass is 654 g/mol. The first-order chi connectivity index (χ1) is 21.8. The van der Waals surface area contributed by atoms with Gasteiger partial charge in [-0.1, -0.05) is 86.0 Å². The zero-order valence-corrected chi connectivity index (χ0v) is 30.7. The molecule has 4 fully saturated rings. The Kier molecular flexibility index (Phi) is 8.32. The van der Waals surface area contributed by atoms with E-state index in [1.807, 2.05) is 0 Å². The summed E-state index contributed by atoms with van der Waals surface area (Å²) in [6.45, 7) is 24.2. The fraction of sp³-hybridized carbons (Fsp3) is 0.892. The normalized spacial score (nSPS) is 44.5. The van der Waals surface area contributed by atoms with Crippen LogP contribution < -0.4 is 11.5 Å². The molecule has 10 nitrogen and oxygen atoms in total. The predicted octanol–water partition coefficient (Wildman–Crippen LogP) is 6.14. The third-order valence-corrected chi connectivity index (χ3v) is 15.3. The minimum atomic E-state index is -0.643. The number of rotatable bonds is 7. The minimum absolute atomic E-state index is 0.119. The van der Waals surface area contributed by atoms with Crippen molar-refractivity contribution < 1.29 is 19.4 Å². The van der Waals surface area contributed by atoms with E-state index in [9.17, 15) is 9.90 Å². The highest BCUT2D eigenvalue weighted by atomic mass is 16.5. The van der Waals surface area contributed by atoms with E-state index in [2.05, 4.69) is 90.7 Å². The van der Waals surface area contributed by atoms with Crippen molar-refractivity contribution in [2.45, 2.75) is 126 Å². The molecule has 0 spiro atoms. The molecule has 1 aliphatic heterocycles. The van der Waals surface area contributed by atoms with Crippen LogP contribution >= 0.6 is 0 Å². The second-order valence-corrected chi connectivity index (χ2v) is 18.8. The van der Waals surface area contributed by atoms with Crippen molar-refractivity contribution in [3.8, 4) is 0 Å². The second-order valence-electron chi connectivity index (χ2n) is 18.8. The fourth-order valence-electron chi connectivity index (χ4n) is 11.9. The van der Waals surface area contributed by atoms with Gasteiger partial charge in [0.15, 0.2) is 0 Å². The molecule has 264 valence electrons. The van der Waals surface area contributed by atoms with Crippen molar-refractivity contribution in [2.24, 2.45) is 67.8 Å². The van der Waals surface area contributed by atoms with E-state index in [1.54, 1.807) is 4.80 Å². The number of hydrogen-bond acceptors (Lipinski definition) is 8. The average Bonchev–Trinajstić information content (AvgIpc) is 3.41. The molecule has 0 unspecified atom stereocenters. The van der Waals surface area contributed by atoms with Crippen LogP contribution in [-0.4, -0.2) is 63.2 Å². The molecule has 3 saturated carbocycles. The lowest BCUT2D eigenvalue weighted by molar-refractivity contribution is -0.254. The number of nitrogen functional groups attached to an aromatic ring is 1. The Labute approximate surface area is 282 Å². The van der Waals surface area contributed by atoms with Crippen molar-refractivity contribution in [3.05, 3.63) is 11.6 Å². The zero-order chi connectivity index (χ0) is 34.5. The van der Waals surface area contributed by atoms with Crippen LogP contribution in [0.15, 0.2) is 11.6 Å². The van der Waals surface area contributed by atoms with E-state index in [-0.39, 0.29) is 51.7 Å². The van der Waals surface area contributed by atoms with Crippen LogP contribution in [0.3, 0.4) is 0 Å². The van der Waals surface area contributed by atoms with Gasteiger partial charge in [-0.25, -0.2) is 0 Å². The summed E-state index contributed by atoms with van der Waals surface area (Å²) in [5.41, 5.74) is 12.7. The highest BCUT2D eigenvalue weighted by Gasteiger charge is 2.72. The van der Waals surface area contributed by atoms with Crippen LogP contribution in [0.5, 0.6) is 0 Å². The van der Waals surface area contributed by atoms with Crippen LogP contribution in [0.4, 0.5) is 5.95 Å². The Morgan fingerprint density at radius 3 is 2.43 bits per heavy atom. The molecule has 5 N–H and O–H groups in total. The predicted molar refractivity (Wildman–Crippen MR) is 182 cm³/mol. The Balaban J connectivity index is 1.50. The Hall–Kier alpha value is -2.04. The first-order valence-electron chi connectivity index (χ1n) is 18.2. The van der Waals surface area contributed by atoms with Crippen LogP contribution in [0.1, 0.15) is 114 Å². The number of carboxylic acid groups (broad SMARTS) is 1. The highest BCUT2D eigenvalue weighted by Crippen LogP contribution is 2.75. The van der Waals surface area contributed by atoms with E-state index >= 15 is 0 Å². The molecule has 0 amide bonds. The van der Waals surface area contributed by atoms with Crippen molar-refractivity contribution in [1.82, 2.24) is 20.2 Å². The summed E-state index contributed by atoms with van der Waals surface area (Å²) in [5.74, 6) is 0.344. The summed E-state index contributed by atoms with van der Waals surface area (Å²) in [6, 6.07) is -0.355. The number of hydrogen-bond donors (Lipinski definition) is 3. The number of carbonyl (C=O) groups is 1. The quantitative estimate of drug-likeness (QED) is 0.294.